The highest BCUT2D eigenvalue weighted by Crippen LogP contribution is 2.31. The second-order valence-electron chi connectivity index (χ2n) is 11.3. The lowest BCUT2D eigenvalue weighted by atomic mass is 10.0. The molecule has 1 atom stereocenters. The third-order valence-electron chi connectivity index (χ3n) is 8.35. The van der Waals surface area contributed by atoms with Gasteiger partial charge in [0.25, 0.3) is 0 Å². The number of rotatable bonds is 11. The lowest BCUT2D eigenvalue weighted by Crippen LogP contribution is -2.45. The zero-order valence-corrected chi connectivity index (χ0v) is 25.2. The van der Waals surface area contributed by atoms with Crippen LogP contribution in [0.5, 0.6) is 0 Å². The van der Waals surface area contributed by atoms with Gasteiger partial charge in [0.15, 0.2) is 0 Å². The minimum absolute atomic E-state index is 0.632. The summed E-state index contributed by atoms with van der Waals surface area (Å²) in [4.78, 5) is 22.2. The summed E-state index contributed by atoms with van der Waals surface area (Å²) in [5, 5.41) is 6.80. The number of hydrogen-bond donors (Lipinski definition) is 2. The van der Waals surface area contributed by atoms with Crippen LogP contribution in [-0.4, -0.2) is 88.8 Å². The first kappa shape index (κ1) is 28.7. The molecule has 3 aliphatic heterocycles. The Morgan fingerprint density at radius 3 is 2.81 bits per heavy atom. The van der Waals surface area contributed by atoms with Crippen LogP contribution >= 0.6 is 11.9 Å². The van der Waals surface area contributed by atoms with Crippen LogP contribution in [0.2, 0.25) is 0 Å². The minimum atomic E-state index is 0.632. The molecule has 0 bridgehead atoms. The number of aliphatic imine (C=N–C) groups is 1. The molecule has 220 valence electrons. The molecule has 2 fully saturated rings. The zero-order valence-electron chi connectivity index (χ0n) is 24.4. The number of piperidine rings is 2. The predicted octanol–water partition coefficient (Wildman–Crippen LogP) is 6.15. The summed E-state index contributed by atoms with van der Waals surface area (Å²) in [6.07, 6.45) is 16.2. The highest BCUT2D eigenvalue weighted by atomic mass is 32.2. The topological polar surface area (TPSA) is 75.7 Å². The van der Waals surface area contributed by atoms with Crippen molar-refractivity contribution < 1.29 is 0 Å². The molecule has 1 aromatic carbocycles. The smallest absolute Gasteiger partial charge is 0.143 e. The van der Waals surface area contributed by atoms with Gasteiger partial charge in [0, 0.05) is 62.9 Å². The number of fused-ring (bicyclic) bond motifs is 1. The van der Waals surface area contributed by atoms with Crippen LogP contribution in [0.4, 0.5) is 11.5 Å². The standard InChI is InChI=1S/C33H42N8S/c1-2-26(23-39-17-6-8-29(24-39)41-20-7-21-42-41)13-14-34-15-16-35-28-11-9-27(10-12-28)31-22-30-32(38-31)36-25-37-33(30)40-18-4-3-5-19-40/h2,7,9-14,21-22,25,29,35H,1,3-6,8,15-20,23-24H2,(H,36,37,38)/b26-13+,34-14?. The van der Waals surface area contributed by atoms with E-state index >= 15 is 0 Å². The minimum Gasteiger partial charge on any atom is -0.383 e. The van der Waals surface area contributed by atoms with Crippen LogP contribution in [0.25, 0.3) is 22.3 Å². The van der Waals surface area contributed by atoms with E-state index in [2.05, 4.69) is 93.8 Å². The summed E-state index contributed by atoms with van der Waals surface area (Å²) in [5.41, 5.74) is 5.41. The second-order valence-corrected chi connectivity index (χ2v) is 12.3. The fourth-order valence-electron chi connectivity index (χ4n) is 6.09. The molecule has 2 saturated heterocycles. The first-order chi connectivity index (χ1) is 20.8. The lowest BCUT2D eigenvalue weighted by Gasteiger charge is -2.37. The molecular weight excluding hydrogens is 540 g/mol. The fraction of sp³-hybridized carbons (Fsp3) is 0.424. The maximum atomic E-state index is 4.62. The Labute approximate surface area is 253 Å². The summed E-state index contributed by atoms with van der Waals surface area (Å²) in [7, 11) is 0. The molecule has 5 heterocycles. The monoisotopic (exact) mass is 582 g/mol. The van der Waals surface area contributed by atoms with E-state index in [4.69, 9.17) is 0 Å². The molecule has 2 N–H and O–H groups in total. The molecule has 6 rings (SSSR count). The van der Waals surface area contributed by atoms with Crippen LogP contribution in [-0.2, 0) is 0 Å². The Kier molecular flexibility index (Phi) is 9.69. The van der Waals surface area contributed by atoms with E-state index in [0.717, 1.165) is 79.6 Å². The predicted molar refractivity (Wildman–Crippen MR) is 178 cm³/mol. The SMILES string of the molecule is C=C/C(=C\C=NCCNc1ccc(-c2cc3c(N4CCCCC4)ncnc3[nH]2)cc1)CN1CCCC(N2CC=CS2)C1. The van der Waals surface area contributed by atoms with Crippen molar-refractivity contribution in [3.8, 4) is 11.3 Å². The van der Waals surface area contributed by atoms with Crippen LogP contribution in [0.15, 0.2) is 77.4 Å². The Morgan fingerprint density at radius 2 is 2.00 bits per heavy atom. The molecule has 8 nitrogen and oxygen atoms in total. The maximum Gasteiger partial charge on any atom is 0.143 e. The molecule has 3 aromatic rings. The van der Waals surface area contributed by atoms with E-state index in [1.807, 2.05) is 24.2 Å². The van der Waals surface area contributed by atoms with Gasteiger partial charge >= 0.3 is 0 Å². The molecule has 9 heteroatoms. The number of nitrogens with one attached hydrogen (secondary N) is 2. The van der Waals surface area contributed by atoms with Crippen LogP contribution < -0.4 is 10.2 Å². The summed E-state index contributed by atoms with van der Waals surface area (Å²) in [6.45, 7) is 11.9. The van der Waals surface area contributed by atoms with Gasteiger partial charge in [-0.2, -0.15) is 0 Å². The highest BCUT2D eigenvalue weighted by Gasteiger charge is 2.26. The van der Waals surface area contributed by atoms with Crippen molar-refractivity contribution in [2.24, 2.45) is 4.99 Å². The molecule has 42 heavy (non-hydrogen) atoms. The summed E-state index contributed by atoms with van der Waals surface area (Å²) < 4.78 is 2.51. The number of aromatic amines is 1. The van der Waals surface area contributed by atoms with E-state index in [1.54, 1.807) is 6.33 Å². The third kappa shape index (κ3) is 7.14. The Morgan fingerprint density at radius 1 is 1.12 bits per heavy atom. The number of benzene rings is 1. The zero-order chi connectivity index (χ0) is 28.6. The fourth-order valence-corrected chi connectivity index (χ4v) is 6.94. The molecular formula is C33H42N8S. The van der Waals surface area contributed by atoms with Gasteiger partial charge in [-0.3, -0.25) is 9.89 Å². The van der Waals surface area contributed by atoms with Crippen molar-refractivity contribution in [2.75, 3.05) is 62.6 Å². The molecule has 0 aliphatic carbocycles. The van der Waals surface area contributed by atoms with Crippen molar-refractivity contribution in [3.05, 3.63) is 72.4 Å². The maximum absolute atomic E-state index is 4.62. The van der Waals surface area contributed by atoms with Crippen LogP contribution in [0.1, 0.15) is 32.1 Å². The summed E-state index contributed by atoms with van der Waals surface area (Å²) >= 11 is 1.86. The molecule has 0 amide bonds. The Bertz CT molecular complexity index is 1410. The van der Waals surface area contributed by atoms with Crippen molar-refractivity contribution in [1.29, 1.82) is 0 Å². The lowest BCUT2D eigenvalue weighted by molar-refractivity contribution is 0.172. The number of H-pyrrole nitrogens is 1. The van der Waals surface area contributed by atoms with Gasteiger partial charge < -0.3 is 15.2 Å². The number of likely N-dealkylation sites (tertiary alicyclic amines) is 1. The van der Waals surface area contributed by atoms with E-state index in [9.17, 15) is 0 Å². The first-order valence-electron chi connectivity index (χ1n) is 15.3. The number of hydrogen-bond acceptors (Lipinski definition) is 8. The van der Waals surface area contributed by atoms with Gasteiger partial charge in [-0.05, 0) is 91.4 Å². The van der Waals surface area contributed by atoms with Gasteiger partial charge in [-0.15, -0.1) is 0 Å². The van der Waals surface area contributed by atoms with Crippen LogP contribution in [0, 0.1) is 0 Å². The highest BCUT2D eigenvalue weighted by molar-refractivity contribution is 8.00. The van der Waals surface area contributed by atoms with Gasteiger partial charge in [0.2, 0.25) is 0 Å². The molecule has 3 aliphatic rings. The molecule has 0 radical (unpaired) electrons. The molecule has 2 aromatic heterocycles. The average molecular weight is 583 g/mol. The Hall–Kier alpha value is -3.40. The van der Waals surface area contributed by atoms with Crippen molar-refractivity contribution in [3.63, 3.8) is 0 Å². The number of allylic oxidation sites excluding steroid dienone is 1. The first-order valence-corrected chi connectivity index (χ1v) is 16.2. The quantitative estimate of drug-likeness (QED) is 0.122. The van der Waals surface area contributed by atoms with Crippen LogP contribution in [0.3, 0.4) is 0 Å². The number of aromatic nitrogens is 3. The molecule has 0 spiro atoms. The van der Waals surface area contributed by atoms with Crippen molar-refractivity contribution in [1.82, 2.24) is 24.2 Å². The summed E-state index contributed by atoms with van der Waals surface area (Å²) in [6, 6.07) is 11.4. The van der Waals surface area contributed by atoms with E-state index in [-0.39, 0.29) is 0 Å². The molecule has 0 saturated carbocycles. The van der Waals surface area contributed by atoms with Gasteiger partial charge in [0.1, 0.15) is 17.8 Å². The van der Waals surface area contributed by atoms with Crippen molar-refractivity contribution in [2.45, 2.75) is 38.1 Å². The van der Waals surface area contributed by atoms with E-state index in [0.29, 0.717) is 12.6 Å². The average Bonchev–Trinajstić information content (AvgIpc) is 3.74. The van der Waals surface area contributed by atoms with Gasteiger partial charge in [0.05, 0.1) is 11.9 Å². The largest absolute Gasteiger partial charge is 0.383 e. The van der Waals surface area contributed by atoms with Gasteiger partial charge in [-0.1, -0.05) is 30.9 Å². The van der Waals surface area contributed by atoms with E-state index in [1.165, 1.54) is 37.7 Å². The number of nitrogens with zero attached hydrogens (tertiary/aromatic N) is 6. The summed E-state index contributed by atoms with van der Waals surface area (Å²) in [5.74, 6) is 1.05. The Balaban J connectivity index is 0.974. The van der Waals surface area contributed by atoms with Gasteiger partial charge in [-0.25, -0.2) is 14.3 Å². The molecule has 1 unspecified atom stereocenters. The normalized spacial score (nSPS) is 20.6. The van der Waals surface area contributed by atoms with E-state index < -0.39 is 0 Å². The second kappa shape index (κ2) is 14.2. The number of anilines is 2. The van der Waals surface area contributed by atoms with Crippen molar-refractivity contribution >= 4 is 40.7 Å². The third-order valence-corrected chi connectivity index (χ3v) is 9.39.